The fourth-order valence-electron chi connectivity index (χ4n) is 2.43. The second kappa shape index (κ2) is 7.43. The number of nitrogens with two attached hydrogens (primary N) is 1. The minimum absolute atomic E-state index is 0.0339. The number of aromatic nitrogens is 4. The van der Waals surface area contributed by atoms with Gasteiger partial charge in [-0.1, -0.05) is 24.3 Å². The number of anilines is 2. The van der Waals surface area contributed by atoms with E-state index in [0.717, 1.165) is 5.56 Å². The van der Waals surface area contributed by atoms with Crippen molar-refractivity contribution in [3.8, 4) is 0 Å². The van der Waals surface area contributed by atoms with E-state index in [-0.39, 0.29) is 17.9 Å². The number of carbonyl (C=O) groups excluding carboxylic acids is 1. The van der Waals surface area contributed by atoms with Crippen LogP contribution in [-0.2, 0) is 17.8 Å². The Labute approximate surface area is 148 Å². The molecule has 3 aromatic rings. The predicted octanol–water partition coefficient (Wildman–Crippen LogP) is 1.18. The molecule has 2 heterocycles. The van der Waals surface area contributed by atoms with E-state index in [1.165, 1.54) is 18.6 Å². The number of rotatable bonds is 6. The first-order chi connectivity index (χ1) is 12.5. The summed E-state index contributed by atoms with van der Waals surface area (Å²) in [7, 11) is 0. The number of benzene rings is 1. The van der Waals surface area contributed by atoms with Crippen molar-refractivity contribution >= 4 is 23.4 Å². The van der Waals surface area contributed by atoms with Crippen LogP contribution in [0.5, 0.6) is 0 Å². The van der Waals surface area contributed by atoms with Gasteiger partial charge in [0.05, 0.1) is 24.8 Å². The van der Waals surface area contributed by atoms with Gasteiger partial charge in [-0.15, -0.1) is 0 Å². The highest BCUT2D eigenvalue weighted by atomic mass is 16.4. The van der Waals surface area contributed by atoms with Gasteiger partial charge in [-0.3, -0.25) is 14.3 Å². The van der Waals surface area contributed by atoms with Crippen molar-refractivity contribution in [3.63, 3.8) is 0 Å². The van der Waals surface area contributed by atoms with Crippen molar-refractivity contribution in [2.45, 2.75) is 13.0 Å². The molecule has 9 heteroatoms. The molecule has 0 fully saturated rings. The lowest BCUT2D eigenvalue weighted by Gasteiger charge is -2.05. The largest absolute Gasteiger partial charge is 0.481 e. The molecule has 26 heavy (non-hydrogen) atoms. The smallest absolute Gasteiger partial charge is 0.307 e. The van der Waals surface area contributed by atoms with Crippen LogP contribution in [0.2, 0.25) is 0 Å². The third-order valence-corrected chi connectivity index (χ3v) is 3.52. The molecule has 2 aromatic heterocycles. The van der Waals surface area contributed by atoms with E-state index in [1.807, 2.05) is 12.1 Å². The third kappa shape index (κ3) is 4.20. The van der Waals surface area contributed by atoms with Gasteiger partial charge >= 0.3 is 5.97 Å². The second-order valence-corrected chi connectivity index (χ2v) is 5.56. The van der Waals surface area contributed by atoms with Crippen molar-refractivity contribution in [2.24, 2.45) is 0 Å². The molecule has 0 bridgehead atoms. The van der Waals surface area contributed by atoms with Crippen molar-refractivity contribution in [2.75, 3.05) is 11.1 Å². The quantitative estimate of drug-likeness (QED) is 0.606. The predicted molar refractivity (Wildman–Crippen MR) is 93.5 cm³/mol. The average Bonchev–Trinajstić information content (AvgIpc) is 3.01. The van der Waals surface area contributed by atoms with Gasteiger partial charge in [-0.05, 0) is 11.1 Å². The van der Waals surface area contributed by atoms with Crippen LogP contribution in [0.15, 0.2) is 49.1 Å². The number of nitrogens with zero attached hydrogens (tertiary/aromatic N) is 4. The normalized spacial score (nSPS) is 10.5. The minimum atomic E-state index is -0.880. The summed E-state index contributed by atoms with van der Waals surface area (Å²) in [5, 5.41) is 15.7. The van der Waals surface area contributed by atoms with Crippen LogP contribution in [0.25, 0.3) is 0 Å². The molecule has 1 aromatic carbocycles. The molecule has 1 amide bonds. The van der Waals surface area contributed by atoms with E-state index in [2.05, 4.69) is 20.4 Å². The average molecular weight is 352 g/mol. The number of amides is 1. The summed E-state index contributed by atoms with van der Waals surface area (Å²) in [4.78, 5) is 30.7. The Morgan fingerprint density at radius 1 is 1.19 bits per heavy atom. The zero-order valence-corrected chi connectivity index (χ0v) is 13.7. The van der Waals surface area contributed by atoms with Crippen molar-refractivity contribution in [1.82, 2.24) is 19.7 Å². The number of carbonyl (C=O) groups is 2. The van der Waals surface area contributed by atoms with Crippen LogP contribution in [0.3, 0.4) is 0 Å². The van der Waals surface area contributed by atoms with E-state index < -0.39 is 11.9 Å². The molecule has 0 spiro atoms. The number of nitrogens with one attached hydrogen (secondary N) is 1. The molecule has 3 rings (SSSR count). The highest BCUT2D eigenvalue weighted by molar-refractivity contribution is 6.05. The maximum atomic E-state index is 12.2. The second-order valence-electron chi connectivity index (χ2n) is 5.56. The summed E-state index contributed by atoms with van der Waals surface area (Å²) in [5.74, 6) is -1.30. The van der Waals surface area contributed by atoms with Crippen LogP contribution >= 0.6 is 0 Å². The van der Waals surface area contributed by atoms with E-state index >= 15 is 0 Å². The van der Waals surface area contributed by atoms with Gasteiger partial charge in [-0.25, -0.2) is 9.97 Å². The van der Waals surface area contributed by atoms with Gasteiger partial charge in [0.1, 0.15) is 0 Å². The zero-order valence-electron chi connectivity index (χ0n) is 13.7. The van der Waals surface area contributed by atoms with Crippen LogP contribution < -0.4 is 11.1 Å². The van der Waals surface area contributed by atoms with E-state index in [4.69, 9.17) is 10.8 Å². The molecule has 0 aliphatic carbocycles. The minimum Gasteiger partial charge on any atom is -0.481 e. The highest BCUT2D eigenvalue weighted by Crippen LogP contribution is 2.12. The Balaban J connectivity index is 1.68. The SMILES string of the molecule is Nc1nccnc1C(=O)Nc1cnn(Cc2cccc(CC(=O)O)c2)c1. The van der Waals surface area contributed by atoms with Gasteiger partial charge < -0.3 is 16.2 Å². The van der Waals surface area contributed by atoms with E-state index in [1.54, 1.807) is 23.0 Å². The van der Waals surface area contributed by atoms with Crippen LogP contribution in [0, 0.1) is 0 Å². The highest BCUT2D eigenvalue weighted by Gasteiger charge is 2.13. The van der Waals surface area contributed by atoms with Crippen molar-refractivity contribution in [1.29, 1.82) is 0 Å². The summed E-state index contributed by atoms with van der Waals surface area (Å²) in [6.45, 7) is 0.441. The molecule has 0 saturated carbocycles. The molecule has 0 atom stereocenters. The molecule has 132 valence electrons. The number of nitrogen functional groups attached to an aromatic ring is 1. The molecule has 0 aliphatic rings. The van der Waals surface area contributed by atoms with Gasteiger partial charge in [0, 0.05) is 18.6 Å². The molecular weight excluding hydrogens is 336 g/mol. The Morgan fingerprint density at radius 2 is 1.96 bits per heavy atom. The topological polar surface area (TPSA) is 136 Å². The lowest BCUT2D eigenvalue weighted by Crippen LogP contribution is -2.16. The Hall–Kier alpha value is -3.75. The number of aliphatic carboxylic acids is 1. The lowest BCUT2D eigenvalue weighted by molar-refractivity contribution is -0.136. The molecule has 0 saturated heterocycles. The first-order valence-corrected chi connectivity index (χ1v) is 7.71. The van der Waals surface area contributed by atoms with Crippen molar-refractivity contribution in [3.05, 3.63) is 65.9 Å². The first-order valence-electron chi connectivity index (χ1n) is 7.71. The van der Waals surface area contributed by atoms with Gasteiger partial charge in [-0.2, -0.15) is 5.10 Å². The standard InChI is InChI=1S/C17H16N6O3/c18-16-15(19-4-5-20-16)17(26)22-13-8-21-23(10-13)9-12-3-1-2-11(6-12)7-14(24)25/h1-6,8,10H,7,9H2,(H2,18,20)(H,22,26)(H,24,25). The van der Waals surface area contributed by atoms with Crippen LogP contribution in [-0.4, -0.2) is 36.7 Å². The number of hydrogen-bond donors (Lipinski definition) is 3. The van der Waals surface area contributed by atoms with E-state index in [9.17, 15) is 9.59 Å². The Bertz CT molecular complexity index is 953. The summed E-state index contributed by atoms with van der Waals surface area (Å²) in [6, 6.07) is 7.26. The van der Waals surface area contributed by atoms with Crippen LogP contribution in [0.1, 0.15) is 21.6 Å². The molecule has 4 N–H and O–H groups in total. The van der Waals surface area contributed by atoms with Crippen molar-refractivity contribution < 1.29 is 14.7 Å². The molecule has 0 unspecified atom stereocenters. The van der Waals surface area contributed by atoms with E-state index in [0.29, 0.717) is 17.8 Å². The number of carboxylic acid groups (broad SMARTS) is 1. The molecule has 9 nitrogen and oxygen atoms in total. The first kappa shape index (κ1) is 17.1. The molecule has 0 aliphatic heterocycles. The molecular formula is C17H16N6O3. The zero-order chi connectivity index (χ0) is 18.5. The Kier molecular flexibility index (Phi) is 4.88. The van der Waals surface area contributed by atoms with Gasteiger partial charge in [0.15, 0.2) is 11.5 Å². The summed E-state index contributed by atoms with van der Waals surface area (Å²) in [6.07, 6.45) is 5.93. The number of carboxylic acids is 1. The van der Waals surface area contributed by atoms with Gasteiger partial charge in [0.25, 0.3) is 5.91 Å². The van der Waals surface area contributed by atoms with Crippen LogP contribution in [0.4, 0.5) is 11.5 Å². The maximum absolute atomic E-state index is 12.2. The fraction of sp³-hybridized carbons (Fsp3) is 0.118. The third-order valence-electron chi connectivity index (χ3n) is 3.52. The lowest BCUT2D eigenvalue weighted by atomic mass is 10.1. The maximum Gasteiger partial charge on any atom is 0.307 e. The van der Waals surface area contributed by atoms with Gasteiger partial charge in [0.2, 0.25) is 0 Å². The monoisotopic (exact) mass is 352 g/mol. The molecule has 0 radical (unpaired) electrons. The Morgan fingerprint density at radius 3 is 2.73 bits per heavy atom. The fourth-order valence-corrected chi connectivity index (χ4v) is 2.43. The summed E-state index contributed by atoms with van der Waals surface area (Å²) < 4.78 is 1.63. The summed E-state index contributed by atoms with van der Waals surface area (Å²) >= 11 is 0. The number of hydrogen-bond acceptors (Lipinski definition) is 6. The summed E-state index contributed by atoms with van der Waals surface area (Å²) in [5.41, 5.74) is 7.79.